The summed E-state index contributed by atoms with van der Waals surface area (Å²) >= 11 is 11.7. The van der Waals surface area contributed by atoms with Crippen molar-refractivity contribution in [1.29, 1.82) is 5.26 Å². The number of anilines is 1. The zero-order valence-electron chi connectivity index (χ0n) is 9.01. The van der Waals surface area contributed by atoms with E-state index in [0.29, 0.717) is 18.0 Å². The van der Waals surface area contributed by atoms with Gasteiger partial charge in [0, 0.05) is 0 Å². The highest BCUT2D eigenvalue weighted by Crippen LogP contribution is 2.31. The summed E-state index contributed by atoms with van der Waals surface area (Å²) in [6.07, 6.45) is 0. The van der Waals surface area contributed by atoms with Crippen molar-refractivity contribution in [2.75, 3.05) is 5.32 Å². The number of hydrogen-bond donors (Lipinski definition) is 1. The molecule has 2 aromatic rings. The van der Waals surface area contributed by atoms with E-state index in [1.165, 1.54) is 12.1 Å². The molecule has 0 aliphatic heterocycles. The molecule has 6 heteroatoms. The van der Waals surface area contributed by atoms with Gasteiger partial charge in [0.1, 0.15) is 17.6 Å². The van der Waals surface area contributed by atoms with Gasteiger partial charge in [-0.1, -0.05) is 23.2 Å². The Hall–Kier alpha value is -1.70. The molecule has 0 atom stereocenters. The molecule has 0 amide bonds. The van der Waals surface area contributed by atoms with E-state index >= 15 is 0 Å². The molecule has 0 aliphatic carbocycles. The normalized spacial score (nSPS) is 10.1. The molecule has 1 N–H and O–H groups in total. The van der Waals surface area contributed by atoms with Crippen molar-refractivity contribution in [2.24, 2.45) is 0 Å². The summed E-state index contributed by atoms with van der Waals surface area (Å²) in [7, 11) is 0. The monoisotopic (exact) mass is 284 g/mol. The van der Waals surface area contributed by atoms with Gasteiger partial charge >= 0.3 is 0 Å². The minimum Gasteiger partial charge on any atom is -0.449 e. The fourth-order valence-corrected chi connectivity index (χ4v) is 2.01. The first-order valence-corrected chi connectivity index (χ1v) is 5.73. The van der Waals surface area contributed by atoms with Crippen LogP contribution in [0.2, 0.25) is 10.0 Å². The highest BCUT2D eigenvalue weighted by Gasteiger charge is 2.09. The van der Waals surface area contributed by atoms with Crippen LogP contribution in [-0.4, -0.2) is 0 Å². The molecule has 0 radical (unpaired) electrons. The number of rotatable bonds is 3. The fourth-order valence-electron chi connectivity index (χ4n) is 1.42. The fraction of sp³-hybridized carbons (Fsp3) is 0.0833. The summed E-state index contributed by atoms with van der Waals surface area (Å²) in [6, 6.07) is 7.43. The number of benzene rings is 1. The van der Waals surface area contributed by atoms with Crippen LogP contribution < -0.4 is 5.32 Å². The Morgan fingerprint density at radius 2 is 1.94 bits per heavy atom. The molecule has 1 heterocycles. The molecule has 18 heavy (non-hydrogen) atoms. The Labute approximate surface area is 113 Å². The molecule has 92 valence electrons. The van der Waals surface area contributed by atoms with E-state index in [0.717, 1.165) is 0 Å². The van der Waals surface area contributed by atoms with Crippen LogP contribution in [0.3, 0.4) is 0 Å². The predicted molar refractivity (Wildman–Crippen MR) is 67.2 cm³/mol. The van der Waals surface area contributed by atoms with Crippen LogP contribution in [0.15, 0.2) is 28.7 Å². The van der Waals surface area contributed by atoms with Crippen molar-refractivity contribution >= 4 is 28.9 Å². The van der Waals surface area contributed by atoms with E-state index < -0.39 is 5.82 Å². The first kappa shape index (κ1) is 12.7. The Bertz CT molecular complexity index is 596. The Kier molecular flexibility index (Phi) is 3.75. The van der Waals surface area contributed by atoms with Gasteiger partial charge in [-0.15, -0.1) is 0 Å². The highest BCUT2D eigenvalue weighted by molar-refractivity contribution is 6.39. The van der Waals surface area contributed by atoms with Crippen LogP contribution in [0, 0.1) is 17.1 Å². The summed E-state index contributed by atoms with van der Waals surface area (Å²) < 4.78 is 18.1. The lowest BCUT2D eigenvalue weighted by molar-refractivity contribution is 0.506. The van der Waals surface area contributed by atoms with Gasteiger partial charge in [-0.2, -0.15) is 5.26 Å². The van der Waals surface area contributed by atoms with Crippen LogP contribution in [0.25, 0.3) is 0 Å². The van der Waals surface area contributed by atoms with Gasteiger partial charge in [0.2, 0.25) is 5.76 Å². The molecule has 0 aliphatic rings. The van der Waals surface area contributed by atoms with E-state index in [1.54, 1.807) is 12.1 Å². The van der Waals surface area contributed by atoms with Crippen LogP contribution in [0.1, 0.15) is 11.5 Å². The molecular formula is C12H7Cl2FN2O. The smallest absolute Gasteiger partial charge is 0.203 e. The molecule has 0 bridgehead atoms. The number of nitriles is 1. The van der Waals surface area contributed by atoms with Crippen molar-refractivity contribution < 1.29 is 8.81 Å². The van der Waals surface area contributed by atoms with Gasteiger partial charge in [0.25, 0.3) is 0 Å². The van der Waals surface area contributed by atoms with E-state index in [9.17, 15) is 4.39 Å². The molecule has 0 saturated carbocycles. The molecule has 1 aromatic heterocycles. The summed E-state index contributed by atoms with van der Waals surface area (Å²) in [5.74, 6) is 0.284. The third-order valence-electron chi connectivity index (χ3n) is 2.22. The summed E-state index contributed by atoms with van der Waals surface area (Å²) in [4.78, 5) is 0. The number of nitrogens with one attached hydrogen (secondary N) is 1. The zero-order valence-corrected chi connectivity index (χ0v) is 10.5. The molecule has 0 saturated heterocycles. The average Bonchev–Trinajstić information content (AvgIpc) is 2.75. The zero-order chi connectivity index (χ0) is 13.1. The van der Waals surface area contributed by atoms with E-state index in [4.69, 9.17) is 32.9 Å². The van der Waals surface area contributed by atoms with Crippen LogP contribution in [0.4, 0.5) is 10.1 Å². The third kappa shape index (κ3) is 2.76. The summed E-state index contributed by atoms with van der Waals surface area (Å²) in [6.45, 7) is 0.298. The SMILES string of the molecule is N#Cc1ccc(CNc2c(Cl)cc(F)cc2Cl)o1. The Morgan fingerprint density at radius 1 is 1.28 bits per heavy atom. The van der Waals surface area contributed by atoms with Gasteiger partial charge in [-0.05, 0) is 24.3 Å². The number of nitrogens with zero attached hydrogens (tertiary/aromatic N) is 1. The largest absolute Gasteiger partial charge is 0.449 e. The molecular weight excluding hydrogens is 278 g/mol. The summed E-state index contributed by atoms with van der Waals surface area (Å²) in [5.41, 5.74) is 0.426. The highest BCUT2D eigenvalue weighted by atomic mass is 35.5. The molecule has 0 unspecified atom stereocenters. The van der Waals surface area contributed by atoms with E-state index in [1.807, 2.05) is 6.07 Å². The maximum absolute atomic E-state index is 13.0. The van der Waals surface area contributed by atoms with Crippen molar-refractivity contribution in [2.45, 2.75) is 6.54 Å². The van der Waals surface area contributed by atoms with Gasteiger partial charge in [0.05, 0.1) is 22.3 Å². The van der Waals surface area contributed by atoms with Crippen molar-refractivity contribution in [1.82, 2.24) is 0 Å². The number of halogens is 3. The topological polar surface area (TPSA) is 49.0 Å². The first-order valence-electron chi connectivity index (χ1n) is 4.97. The van der Waals surface area contributed by atoms with Crippen LogP contribution in [0.5, 0.6) is 0 Å². The number of furan rings is 1. The van der Waals surface area contributed by atoms with Gasteiger partial charge in [0.15, 0.2) is 0 Å². The third-order valence-corrected chi connectivity index (χ3v) is 2.81. The van der Waals surface area contributed by atoms with Crippen molar-refractivity contribution in [3.05, 3.63) is 51.6 Å². The molecule has 3 nitrogen and oxygen atoms in total. The quantitative estimate of drug-likeness (QED) is 0.919. The lowest BCUT2D eigenvalue weighted by Gasteiger charge is -2.09. The van der Waals surface area contributed by atoms with Crippen molar-refractivity contribution in [3.8, 4) is 6.07 Å². The summed E-state index contributed by atoms with van der Waals surface area (Å²) in [5, 5.41) is 11.9. The number of hydrogen-bond acceptors (Lipinski definition) is 3. The van der Waals surface area contributed by atoms with Crippen LogP contribution in [-0.2, 0) is 6.54 Å². The lowest BCUT2D eigenvalue weighted by Crippen LogP contribution is -2.00. The lowest BCUT2D eigenvalue weighted by atomic mass is 10.3. The Balaban J connectivity index is 2.13. The average molecular weight is 285 g/mol. The predicted octanol–water partition coefficient (Wildman–Crippen LogP) is 4.21. The second kappa shape index (κ2) is 5.30. The second-order valence-electron chi connectivity index (χ2n) is 3.48. The van der Waals surface area contributed by atoms with Gasteiger partial charge in [-0.3, -0.25) is 0 Å². The molecule has 1 aromatic carbocycles. The van der Waals surface area contributed by atoms with E-state index in [2.05, 4.69) is 5.32 Å². The second-order valence-corrected chi connectivity index (χ2v) is 4.29. The molecule has 2 rings (SSSR count). The van der Waals surface area contributed by atoms with E-state index in [-0.39, 0.29) is 15.8 Å². The van der Waals surface area contributed by atoms with Crippen molar-refractivity contribution in [3.63, 3.8) is 0 Å². The molecule has 0 fully saturated rings. The molecule has 0 spiro atoms. The minimum absolute atomic E-state index is 0.187. The van der Waals surface area contributed by atoms with Gasteiger partial charge < -0.3 is 9.73 Å². The van der Waals surface area contributed by atoms with Crippen LogP contribution >= 0.6 is 23.2 Å². The first-order chi connectivity index (χ1) is 8.60. The maximum atomic E-state index is 13.0. The maximum Gasteiger partial charge on any atom is 0.203 e. The van der Waals surface area contributed by atoms with Gasteiger partial charge in [-0.25, -0.2) is 4.39 Å². The Morgan fingerprint density at radius 3 is 2.50 bits per heavy atom. The minimum atomic E-state index is -0.500. The standard InChI is InChI=1S/C12H7Cl2FN2O/c13-10-3-7(15)4-11(14)12(10)17-6-9-2-1-8(5-16)18-9/h1-4,17H,6H2.